The Morgan fingerprint density at radius 1 is 1.38 bits per heavy atom. The largest absolute Gasteiger partial charge is 0.285 e. The minimum absolute atomic E-state index is 0.0302. The fourth-order valence-electron chi connectivity index (χ4n) is 0.812. The number of alkyl halides is 4. The lowest BCUT2D eigenvalue weighted by molar-refractivity contribution is 0.252. The lowest BCUT2D eigenvalue weighted by Crippen LogP contribution is -2.39. The van der Waals surface area contributed by atoms with Crippen molar-refractivity contribution in [2.24, 2.45) is 5.10 Å². The van der Waals surface area contributed by atoms with Crippen molar-refractivity contribution in [2.45, 2.75) is 14.5 Å². The van der Waals surface area contributed by atoms with E-state index in [2.05, 4.69) is 74.2 Å². The third kappa shape index (κ3) is 3.53. The molecule has 7 heteroatoms. The predicted molar refractivity (Wildman–Crippen MR) is 69.5 cm³/mol. The fraction of sp³-hybridized carbons (Fsp3) is 0.500. The van der Waals surface area contributed by atoms with Gasteiger partial charge in [0.05, 0.1) is 5.71 Å². The molecule has 1 aliphatic heterocycles. The van der Waals surface area contributed by atoms with Crippen molar-refractivity contribution in [1.29, 1.82) is 0 Å². The van der Waals surface area contributed by atoms with Crippen LogP contribution in [0.4, 0.5) is 0 Å². The molecule has 0 radical (unpaired) electrons. The zero-order chi connectivity index (χ0) is 10.0. The molecule has 3 nitrogen and oxygen atoms in total. The van der Waals surface area contributed by atoms with Gasteiger partial charge in [0.25, 0.3) is 0 Å². The van der Waals surface area contributed by atoms with Crippen LogP contribution < -0.4 is 5.43 Å². The summed E-state index contributed by atoms with van der Waals surface area (Å²) in [5.41, 5.74) is 5.03. The van der Waals surface area contributed by atoms with Crippen molar-refractivity contribution in [3.8, 4) is 0 Å². The molecule has 0 aromatic rings. The van der Waals surface area contributed by atoms with E-state index in [4.69, 9.17) is 0 Å². The van der Waals surface area contributed by atoms with Crippen LogP contribution in [-0.4, -0.2) is 18.4 Å². The van der Waals surface area contributed by atoms with Crippen molar-refractivity contribution < 1.29 is 0 Å². The molecule has 1 N–H and O–H groups in total. The predicted octanol–water partition coefficient (Wildman–Crippen LogP) is 3.26. The van der Waals surface area contributed by atoms with Crippen LogP contribution in [0.2, 0.25) is 0 Å². The van der Waals surface area contributed by atoms with Gasteiger partial charge >= 0.3 is 0 Å². The summed E-state index contributed by atoms with van der Waals surface area (Å²) < 4.78 is 0.0377. The van der Waals surface area contributed by atoms with Crippen molar-refractivity contribution in [3.63, 3.8) is 0 Å². The molecule has 1 heterocycles. The number of hydrazine groups is 1. The van der Waals surface area contributed by atoms with Gasteiger partial charge in [-0.1, -0.05) is 31.9 Å². The van der Waals surface area contributed by atoms with Gasteiger partial charge in [0.2, 0.25) is 0 Å². The first kappa shape index (κ1) is 12.0. The topological polar surface area (TPSA) is 27.6 Å². The molecule has 0 aromatic carbocycles. The quantitative estimate of drug-likeness (QED) is 0.527. The second-order valence-corrected chi connectivity index (χ2v) is 8.41. The summed E-state index contributed by atoms with van der Waals surface area (Å²) in [6.07, 6.45) is 1.97. The van der Waals surface area contributed by atoms with Gasteiger partial charge in [0.15, 0.2) is 3.86 Å². The van der Waals surface area contributed by atoms with Gasteiger partial charge in [-0.15, -0.1) is 0 Å². The molecule has 0 unspecified atom stereocenters. The zero-order valence-corrected chi connectivity index (χ0v) is 13.0. The van der Waals surface area contributed by atoms with Crippen LogP contribution in [0.15, 0.2) is 16.9 Å². The average Bonchev–Trinajstić information content (AvgIpc) is 2.03. The summed E-state index contributed by atoms with van der Waals surface area (Å²) in [6, 6.07) is 0. The molecule has 13 heavy (non-hydrogen) atoms. The molecule has 0 bridgehead atoms. The van der Waals surface area contributed by atoms with Crippen LogP contribution in [0.3, 0.4) is 0 Å². The van der Waals surface area contributed by atoms with Crippen molar-refractivity contribution in [3.05, 3.63) is 11.8 Å². The molecule has 1 rings (SSSR count). The number of halogens is 4. The maximum absolute atomic E-state index is 4.31. The molecular formula is C6H7Br4N3. The highest BCUT2D eigenvalue weighted by Crippen LogP contribution is 2.20. The van der Waals surface area contributed by atoms with Crippen LogP contribution in [0.5, 0.6) is 0 Å². The average molecular weight is 441 g/mol. The maximum Gasteiger partial charge on any atom is 0.178 e. The van der Waals surface area contributed by atoms with E-state index in [-0.39, 0.29) is 7.60 Å². The van der Waals surface area contributed by atoms with Crippen molar-refractivity contribution >= 4 is 69.4 Å². The van der Waals surface area contributed by atoms with E-state index < -0.39 is 0 Å². The first-order chi connectivity index (χ1) is 6.00. The fourth-order valence-corrected chi connectivity index (χ4v) is 1.65. The van der Waals surface area contributed by atoms with E-state index in [1.54, 1.807) is 5.12 Å². The molecule has 0 amide bonds. The second-order valence-electron chi connectivity index (χ2n) is 2.39. The van der Waals surface area contributed by atoms with Gasteiger partial charge in [0.1, 0.15) is 3.74 Å². The standard InChI is InChI=1S/C6H7Br4N3/c1-3-2-4(5(7)8)12-13(11-3)6(9)10/h2,5-6,11H,1H3. The third-order valence-electron chi connectivity index (χ3n) is 1.29. The first-order valence-electron chi connectivity index (χ1n) is 3.39. The van der Waals surface area contributed by atoms with Gasteiger partial charge in [-0.2, -0.15) is 10.2 Å². The van der Waals surface area contributed by atoms with E-state index in [0.717, 1.165) is 11.4 Å². The number of hydrogen-bond donors (Lipinski definition) is 1. The Hall–Kier alpha value is 0.930. The van der Waals surface area contributed by atoms with E-state index in [0.29, 0.717) is 0 Å². The van der Waals surface area contributed by atoms with E-state index >= 15 is 0 Å². The van der Waals surface area contributed by atoms with E-state index in [1.165, 1.54) is 0 Å². The van der Waals surface area contributed by atoms with Crippen LogP contribution >= 0.6 is 63.7 Å². The SMILES string of the molecule is CC1=CC(C(Br)Br)=NN(C(Br)Br)N1. The van der Waals surface area contributed by atoms with Gasteiger partial charge in [-0.05, 0) is 44.9 Å². The van der Waals surface area contributed by atoms with Gasteiger partial charge in [0, 0.05) is 5.70 Å². The number of hydrogen-bond acceptors (Lipinski definition) is 3. The van der Waals surface area contributed by atoms with Crippen molar-refractivity contribution in [1.82, 2.24) is 10.5 Å². The smallest absolute Gasteiger partial charge is 0.178 e. The lowest BCUT2D eigenvalue weighted by Gasteiger charge is -2.27. The molecule has 0 aromatic heterocycles. The monoisotopic (exact) mass is 437 g/mol. The number of hydrazone groups is 1. The number of nitrogens with zero attached hydrogens (tertiary/aromatic N) is 2. The summed E-state index contributed by atoms with van der Waals surface area (Å²) in [4.78, 5) is 0. The molecule has 0 saturated carbocycles. The second kappa shape index (κ2) is 5.14. The first-order valence-corrected chi connectivity index (χ1v) is 7.06. The highest BCUT2D eigenvalue weighted by atomic mass is 79.9. The lowest BCUT2D eigenvalue weighted by atomic mass is 10.3. The highest BCUT2D eigenvalue weighted by Gasteiger charge is 2.17. The minimum Gasteiger partial charge on any atom is -0.285 e. The summed E-state index contributed by atoms with van der Waals surface area (Å²) in [6.45, 7) is 1.98. The molecule has 0 fully saturated rings. The Balaban J connectivity index is 2.82. The maximum atomic E-state index is 4.31. The Kier molecular flexibility index (Phi) is 4.74. The highest BCUT2D eigenvalue weighted by molar-refractivity contribution is 9.25. The van der Waals surface area contributed by atoms with Gasteiger partial charge in [-0.3, -0.25) is 5.43 Å². The molecule has 0 atom stereocenters. The molecule has 0 saturated heterocycles. The van der Waals surface area contributed by atoms with Gasteiger partial charge in [-0.25, -0.2) is 0 Å². The van der Waals surface area contributed by atoms with Crippen LogP contribution in [0.1, 0.15) is 6.92 Å². The summed E-state index contributed by atoms with van der Waals surface area (Å²) in [5, 5.41) is 5.99. The summed E-state index contributed by atoms with van der Waals surface area (Å²) >= 11 is 13.5. The molecule has 74 valence electrons. The van der Waals surface area contributed by atoms with E-state index in [9.17, 15) is 0 Å². The molecular weight excluding hydrogens is 434 g/mol. The molecule has 0 aliphatic carbocycles. The summed E-state index contributed by atoms with van der Waals surface area (Å²) in [5.74, 6) is 0. The summed E-state index contributed by atoms with van der Waals surface area (Å²) in [7, 11) is 0. The normalized spacial score (nSPS) is 17.3. The van der Waals surface area contributed by atoms with Crippen LogP contribution in [-0.2, 0) is 0 Å². The molecule has 0 spiro atoms. The number of nitrogens with one attached hydrogen (secondary N) is 1. The Morgan fingerprint density at radius 2 is 2.00 bits per heavy atom. The number of allylic oxidation sites excluding steroid dienone is 2. The van der Waals surface area contributed by atoms with Gasteiger partial charge < -0.3 is 0 Å². The minimum atomic E-state index is -0.0302. The zero-order valence-electron chi connectivity index (χ0n) is 6.64. The molecule has 1 aliphatic rings. The third-order valence-corrected chi connectivity index (χ3v) is 3.00. The van der Waals surface area contributed by atoms with Crippen LogP contribution in [0, 0.1) is 0 Å². The van der Waals surface area contributed by atoms with Crippen LogP contribution in [0.25, 0.3) is 0 Å². The Morgan fingerprint density at radius 3 is 2.46 bits per heavy atom. The Bertz CT molecular complexity index is 248. The number of rotatable bonds is 2. The van der Waals surface area contributed by atoms with Crippen molar-refractivity contribution in [2.75, 3.05) is 0 Å². The Labute approximate surface area is 110 Å². The van der Waals surface area contributed by atoms with E-state index in [1.807, 2.05) is 13.0 Å².